The third kappa shape index (κ3) is 3.19. The van der Waals surface area contributed by atoms with E-state index in [-0.39, 0.29) is 10.9 Å². The highest BCUT2D eigenvalue weighted by Crippen LogP contribution is 2.43. The van der Waals surface area contributed by atoms with Gasteiger partial charge in [-0.15, -0.1) is 11.8 Å². The molecule has 0 aliphatic carbocycles. The molecule has 0 heterocycles. The number of nitrogens with zero attached hydrogens (tertiary/aromatic N) is 1. The highest BCUT2D eigenvalue weighted by atomic mass is 32.2. The zero-order valence-electron chi connectivity index (χ0n) is 15.2. The van der Waals surface area contributed by atoms with E-state index in [2.05, 4.69) is 81.1 Å². The molecule has 0 N–H and O–H groups in total. The zero-order valence-corrected chi connectivity index (χ0v) is 17.0. The summed E-state index contributed by atoms with van der Waals surface area (Å²) < 4.78 is 2.10. The highest BCUT2D eigenvalue weighted by molar-refractivity contribution is 7.98. The minimum Gasteiger partial charge on any atom is -0.340 e. The largest absolute Gasteiger partial charge is 0.340 e. The molecule has 1 amide bonds. The van der Waals surface area contributed by atoms with Crippen LogP contribution in [0, 0.1) is 0 Å². The Morgan fingerprint density at radius 3 is 2.09 bits per heavy atom. The van der Waals surface area contributed by atoms with Crippen molar-refractivity contribution in [3.05, 3.63) is 36.4 Å². The van der Waals surface area contributed by atoms with Crippen LogP contribution in [-0.4, -0.2) is 20.4 Å². The Morgan fingerprint density at radius 2 is 1.61 bits per heavy atom. The second kappa shape index (κ2) is 6.33. The first-order valence-corrected chi connectivity index (χ1v) is 12.1. The third-order valence-corrected chi connectivity index (χ3v) is 11.2. The van der Waals surface area contributed by atoms with Gasteiger partial charge < -0.3 is 4.57 Å². The molecule has 0 radical (unpaired) electrons. The standard InChI is InChI=1S/C19H27NOSSi/c1-14(21)20(23(6,7)19(2,3)4)17-12-13-18(22-5)16-11-9-8-10-15(16)17/h8-13H,1-7H3. The highest BCUT2D eigenvalue weighted by Gasteiger charge is 2.43. The molecular formula is C19H27NOSSi. The molecule has 0 aromatic heterocycles. The second-order valence-corrected chi connectivity index (χ2v) is 13.4. The van der Waals surface area contributed by atoms with Crippen LogP contribution >= 0.6 is 11.8 Å². The summed E-state index contributed by atoms with van der Waals surface area (Å²) in [5, 5.41) is 2.49. The average molecular weight is 346 g/mol. The van der Waals surface area contributed by atoms with Crippen LogP contribution in [0.25, 0.3) is 10.8 Å². The van der Waals surface area contributed by atoms with Crippen molar-refractivity contribution < 1.29 is 4.79 Å². The fourth-order valence-electron chi connectivity index (χ4n) is 2.83. The van der Waals surface area contributed by atoms with Gasteiger partial charge in [0, 0.05) is 22.9 Å². The predicted octanol–water partition coefficient (Wildman–Crippen LogP) is 5.92. The molecule has 0 aliphatic rings. The van der Waals surface area contributed by atoms with E-state index >= 15 is 0 Å². The van der Waals surface area contributed by atoms with Crippen molar-refractivity contribution in [3.63, 3.8) is 0 Å². The van der Waals surface area contributed by atoms with Gasteiger partial charge >= 0.3 is 0 Å². The van der Waals surface area contributed by atoms with Gasteiger partial charge in [0.2, 0.25) is 5.91 Å². The predicted molar refractivity (Wildman–Crippen MR) is 106 cm³/mol. The van der Waals surface area contributed by atoms with E-state index < -0.39 is 8.24 Å². The Morgan fingerprint density at radius 1 is 1.04 bits per heavy atom. The van der Waals surface area contributed by atoms with Crippen LogP contribution in [0.3, 0.4) is 0 Å². The maximum atomic E-state index is 12.6. The molecule has 2 nitrogen and oxygen atoms in total. The monoisotopic (exact) mass is 345 g/mol. The molecule has 0 atom stereocenters. The van der Waals surface area contributed by atoms with Crippen LogP contribution in [-0.2, 0) is 4.79 Å². The van der Waals surface area contributed by atoms with Gasteiger partial charge in [-0.1, -0.05) is 58.1 Å². The van der Waals surface area contributed by atoms with Gasteiger partial charge in [0.05, 0.1) is 0 Å². The summed E-state index contributed by atoms with van der Waals surface area (Å²) in [5.74, 6) is 0.138. The normalized spacial score (nSPS) is 12.5. The third-order valence-electron chi connectivity index (χ3n) is 5.03. The van der Waals surface area contributed by atoms with E-state index in [4.69, 9.17) is 0 Å². The molecule has 0 unspecified atom stereocenters. The molecule has 0 saturated heterocycles. The average Bonchev–Trinajstić information content (AvgIpc) is 2.45. The molecule has 4 heteroatoms. The summed E-state index contributed by atoms with van der Waals surface area (Å²) in [6.45, 7) is 13.0. The molecule has 23 heavy (non-hydrogen) atoms. The number of rotatable bonds is 3. The lowest BCUT2D eigenvalue weighted by Gasteiger charge is -2.45. The van der Waals surface area contributed by atoms with Gasteiger partial charge in [-0.25, -0.2) is 0 Å². The van der Waals surface area contributed by atoms with Crippen molar-refractivity contribution in [1.82, 2.24) is 0 Å². The van der Waals surface area contributed by atoms with Crippen molar-refractivity contribution in [1.29, 1.82) is 0 Å². The van der Waals surface area contributed by atoms with Crippen LogP contribution in [0.5, 0.6) is 0 Å². The number of benzene rings is 2. The number of amides is 1. The lowest BCUT2D eigenvalue weighted by Crippen LogP contribution is -2.57. The summed E-state index contributed by atoms with van der Waals surface area (Å²) in [6, 6.07) is 12.7. The first-order valence-electron chi connectivity index (χ1n) is 7.98. The summed E-state index contributed by atoms with van der Waals surface area (Å²) in [4.78, 5) is 13.8. The Bertz CT molecular complexity index is 734. The van der Waals surface area contributed by atoms with E-state index in [1.165, 1.54) is 15.7 Å². The van der Waals surface area contributed by atoms with Crippen molar-refractivity contribution in [2.45, 2.75) is 50.7 Å². The minimum atomic E-state index is -2.01. The molecule has 0 spiro atoms. The summed E-state index contributed by atoms with van der Waals surface area (Å²) in [7, 11) is -2.01. The van der Waals surface area contributed by atoms with E-state index in [0.29, 0.717) is 0 Å². The Kier molecular flexibility index (Phi) is 4.97. The lowest BCUT2D eigenvalue weighted by molar-refractivity contribution is -0.115. The van der Waals surface area contributed by atoms with Gasteiger partial charge in [-0.2, -0.15) is 0 Å². The minimum absolute atomic E-state index is 0.0952. The van der Waals surface area contributed by atoms with Crippen molar-refractivity contribution in [2.75, 3.05) is 10.8 Å². The summed E-state index contributed by atoms with van der Waals surface area (Å²) >= 11 is 1.75. The Hall–Kier alpha value is -1.26. The maximum Gasteiger partial charge on any atom is 0.215 e. The van der Waals surface area contributed by atoms with Crippen LogP contribution in [0.1, 0.15) is 27.7 Å². The molecule has 2 rings (SSSR count). The van der Waals surface area contributed by atoms with Crippen LogP contribution in [0.4, 0.5) is 5.69 Å². The summed E-state index contributed by atoms with van der Waals surface area (Å²) in [5.41, 5.74) is 1.05. The number of fused-ring (bicyclic) bond motifs is 1. The second-order valence-electron chi connectivity index (χ2n) is 7.50. The van der Waals surface area contributed by atoms with Crippen LogP contribution in [0.2, 0.25) is 18.1 Å². The van der Waals surface area contributed by atoms with Gasteiger partial charge in [-0.3, -0.25) is 4.79 Å². The fraction of sp³-hybridized carbons (Fsp3) is 0.421. The van der Waals surface area contributed by atoms with Gasteiger partial charge in [0.15, 0.2) is 8.24 Å². The number of thioether (sulfide) groups is 1. The van der Waals surface area contributed by atoms with Crippen molar-refractivity contribution in [3.8, 4) is 0 Å². The smallest absolute Gasteiger partial charge is 0.215 e. The number of carbonyl (C=O) groups excluding carboxylic acids is 1. The topological polar surface area (TPSA) is 20.3 Å². The van der Waals surface area contributed by atoms with Gasteiger partial charge in [0.25, 0.3) is 0 Å². The van der Waals surface area contributed by atoms with Gasteiger partial charge in [-0.05, 0) is 28.8 Å². The molecule has 0 bridgehead atoms. The number of hydrogen-bond donors (Lipinski definition) is 0. The molecule has 0 aliphatic heterocycles. The summed E-state index contributed by atoms with van der Waals surface area (Å²) in [6.07, 6.45) is 2.10. The first kappa shape index (κ1) is 18.1. The van der Waals surface area contributed by atoms with Crippen molar-refractivity contribution >= 4 is 42.4 Å². The molecular weight excluding hydrogens is 318 g/mol. The first-order chi connectivity index (χ1) is 10.6. The van der Waals surface area contributed by atoms with E-state index in [0.717, 1.165) is 5.69 Å². The number of carbonyl (C=O) groups is 1. The maximum absolute atomic E-state index is 12.6. The molecule has 0 saturated carbocycles. The van der Waals surface area contributed by atoms with E-state index in [9.17, 15) is 4.79 Å². The zero-order chi connectivity index (χ0) is 17.4. The number of anilines is 1. The molecule has 2 aromatic rings. The fourth-order valence-corrected chi connectivity index (χ4v) is 5.69. The van der Waals surface area contributed by atoms with Crippen molar-refractivity contribution in [2.24, 2.45) is 0 Å². The number of hydrogen-bond acceptors (Lipinski definition) is 2. The Labute approximate surface area is 145 Å². The Balaban J connectivity index is 2.76. The molecule has 124 valence electrons. The quantitative estimate of drug-likeness (QED) is 0.508. The molecule has 2 aromatic carbocycles. The van der Waals surface area contributed by atoms with E-state index in [1.807, 2.05) is 0 Å². The lowest BCUT2D eigenvalue weighted by atomic mass is 10.1. The van der Waals surface area contributed by atoms with Gasteiger partial charge in [0.1, 0.15) is 0 Å². The van der Waals surface area contributed by atoms with Crippen LogP contribution < -0.4 is 4.57 Å². The molecule has 0 fully saturated rings. The van der Waals surface area contributed by atoms with E-state index in [1.54, 1.807) is 18.7 Å². The van der Waals surface area contributed by atoms with Crippen LogP contribution in [0.15, 0.2) is 41.3 Å². The SMILES string of the molecule is CSc1ccc(N(C(C)=O)[Si](C)(C)C(C)(C)C)c2ccccc12.